The molecule has 2 unspecified atom stereocenters. The minimum atomic E-state index is -0.675. The average Bonchev–Trinajstić information content (AvgIpc) is 2.62. The zero-order chi connectivity index (χ0) is 25.2. The molecule has 0 aromatic rings. The molecule has 0 heterocycles. The molecule has 0 aliphatic heterocycles. The van der Waals surface area contributed by atoms with E-state index in [1.165, 1.54) is 25.7 Å². The average molecular weight is 654 g/mol. The van der Waals surface area contributed by atoms with Crippen LogP contribution in [-0.4, -0.2) is 34.2 Å². The second kappa shape index (κ2) is 20.9. The van der Waals surface area contributed by atoms with Crippen molar-refractivity contribution in [3.8, 4) is 0 Å². The first-order valence-electron chi connectivity index (χ1n) is 12.6. The molecular weight excluding hydrogens is 599 g/mol. The molecule has 0 spiro atoms. The van der Waals surface area contributed by atoms with Gasteiger partial charge in [0.25, 0.3) is 0 Å². The number of aliphatic carboxylic acids is 2. The normalized spacial score (nSPS) is 18.1. The molecule has 2 atom stereocenters. The first-order chi connectivity index (χ1) is 14.6. The van der Waals surface area contributed by atoms with Crippen LogP contribution in [0.1, 0.15) is 131 Å². The van der Waals surface area contributed by atoms with E-state index in [-0.39, 0.29) is 33.1 Å². The standard InChI is InChI=1S/2C10H20O2.C6H14N2.Pt/c2*1-10(2,3)8-6-4-5-7-9(11)12;7-5-3-1-2-4-6(5)8;/h2*4-8H2,1-3H3,(H,11,12);5-6H,1-4,7-8H2;. The third-order valence-corrected chi connectivity index (χ3v) is 5.51. The molecule has 7 heteroatoms. The van der Waals surface area contributed by atoms with E-state index in [9.17, 15) is 9.59 Å². The molecule has 202 valence electrons. The molecule has 1 fully saturated rings. The van der Waals surface area contributed by atoms with Gasteiger partial charge in [0.15, 0.2) is 0 Å². The zero-order valence-electron chi connectivity index (χ0n) is 22.2. The summed E-state index contributed by atoms with van der Waals surface area (Å²) < 4.78 is 0. The van der Waals surface area contributed by atoms with E-state index < -0.39 is 11.9 Å². The van der Waals surface area contributed by atoms with Crippen molar-refractivity contribution in [3.63, 3.8) is 0 Å². The maximum absolute atomic E-state index is 10.2. The van der Waals surface area contributed by atoms with Crippen LogP contribution in [0.4, 0.5) is 0 Å². The Bertz CT molecular complexity index is 444. The Morgan fingerprint density at radius 1 is 0.667 bits per heavy atom. The molecule has 33 heavy (non-hydrogen) atoms. The first kappa shape index (κ1) is 37.1. The summed E-state index contributed by atoms with van der Waals surface area (Å²) in [5.41, 5.74) is 12.1. The molecule has 6 nitrogen and oxygen atoms in total. The van der Waals surface area contributed by atoms with E-state index in [0.717, 1.165) is 51.4 Å². The van der Waals surface area contributed by atoms with Gasteiger partial charge in [-0.05, 0) is 49.4 Å². The molecule has 0 bridgehead atoms. The summed E-state index contributed by atoms with van der Waals surface area (Å²) in [4.78, 5) is 20.3. The summed E-state index contributed by atoms with van der Waals surface area (Å²) in [5.74, 6) is -1.35. The fraction of sp³-hybridized carbons (Fsp3) is 0.923. The van der Waals surface area contributed by atoms with Gasteiger partial charge < -0.3 is 21.7 Å². The number of carboxylic acid groups (broad SMARTS) is 2. The Morgan fingerprint density at radius 2 is 0.970 bits per heavy atom. The second-order valence-corrected chi connectivity index (χ2v) is 11.6. The molecule has 0 aromatic heterocycles. The van der Waals surface area contributed by atoms with E-state index in [4.69, 9.17) is 21.7 Å². The summed E-state index contributed by atoms with van der Waals surface area (Å²) >= 11 is 0. The predicted molar refractivity (Wildman–Crippen MR) is 135 cm³/mol. The van der Waals surface area contributed by atoms with E-state index in [1.807, 2.05) is 0 Å². The van der Waals surface area contributed by atoms with Gasteiger partial charge >= 0.3 is 11.9 Å². The molecule has 0 radical (unpaired) electrons. The number of nitrogens with two attached hydrogens (primary N) is 2. The predicted octanol–water partition coefficient (Wildman–Crippen LogP) is 6.35. The molecule has 0 amide bonds. The fourth-order valence-electron chi connectivity index (χ4n) is 3.40. The van der Waals surface area contributed by atoms with Crippen molar-refractivity contribution >= 4 is 11.9 Å². The van der Waals surface area contributed by atoms with Gasteiger partial charge in [0.2, 0.25) is 0 Å². The molecular formula is C26H54N2O4Pt. The van der Waals surface area contributed by atoms with Crippen LogP contribution in [0.25, 0.3) is 0 Å². The van der Waals surface area contributed by atoms with Crippen LogP contribution in [0.15, 0.2) is 0 Å². The molecule has 1 aliphatic carbocycles. The maximum atomic E-state index is 10.2. The van der Waals surface area contributed by atoms with Gasteiger partial charge in [0.05, 0.1) is 0 Å². The quantitative estimate of drug-likeness (QED) is 0.204. The molecule has 6 N–H and O–H groups in total. The minimum absolute atomic E-state index is 0. The Hall–Kier alpha value is -0.452. The first-order valence-corrected chi connectivity index (χ1v) is 12.6. The van der Waals surface area contributed by atoms with Gasteiger partial charge in [-0.15, -0.1) is 0 Å². The van der Waals surface area contributed by atoms with Gasteiger partial charge in [0, 0.05) is 46.0 Å². The van der Waals surface area contributed by atoms with Crippen LogP contribution in [-0.2, 0) is 30.7 Å². The van der Waals surface area contributed by atoms with Crippen LogP contribution in [0.5, 0.6) is 0 Å². The van der Waals surface area contributed by atoms with Crippen LogP contribution >= 0.6 is 0 Å². The molecule has 0 saturated heterocycles. The summed E-state index contributed by atoms with van der Waals surface area (Å²) in [7, 11) is 0. The number of carbonyl (C=O) groups is 2. The molecule has 1 aliphatic rings. The van der Waals surface area contributed by atoms with Crippen molar-refractivity contribution < 1.29 is 40.9 Å². The van der Waals surface area contributed by atoms with Crippen molar-refractivity contribution in [2.75, 3.05) is 0 Å². The van der Waals surface area contributed by atoms with Crippen LogP contribution in [0.3, 0.4) is 0 Å². The number of carboxylic acids is 2. The number of hydrogen-bond acceptors (Lipinski definition) is 4. The van der Waals surface area contributed by atoms with Gasteiger partial charge in [-0.3, -0.25) is 9.59 Å². The molecule has 0 aromatic carbocycles. The van der Waals surface area contributed by atoms with Crippen molar-refractivity contribution in [3.05, 3.63) is 0 Å². The van der Waals surface area contributed by atoms with Crippen molar-refractivity contribution in [1.82, 2.24) is 0 Å². The van der Waals surface area contributed by atoms with Crippen molar-refractivity contribution in [1.29, 1.82) is 0 Å². The van der Waals surface area contributed by atoms with Gasteiger partial charge in [0.1, 0.15) is 0 Å². The summed E-state index contributed by atoms with van der Waals surface area (Å²) in [5, 5.41) is 16.7. The third-order valence-electron chi connectivity index (χ3n) is 5.51. The van der Waals surface area contributed by atoms with E-state index >= 15 is 0 Å². The van der Waals surface area contributed by atoms with E-state index in [0.29, 0.717) is 23.7 Å². The topological polar surface area (TPSA) is 127 Å². The van der Waals surface area contributed by atoms with Crippen LogP contribution in [0, 0.1) is 10.8 Å². The Balaban J connectivity index is -0.000000410. The Labute approximate surface area is 218 Å². The zero-order valence-corrected chi connectivity index (χ0v) is 24.5. The molecule has 1 rings (SSSR count). The van der Waals surface area contributed by atoms with Gasteiger partial charge in [-0.25, -0.2) is 0 Å². The fourth-order valence-corrected chi connectivity index (χ4v) is 3.40. The maximum Gasteiger partial charge on any atom is 0.303 e. The van der Waals surface area contributed by atoms with Crippen molar-refractivity contribution in [2.45, 2.75) is 144 Å². The van der Waals surface area contributed by atoms with Gasteiger partial charge in [-0.1, -0.05) is 80.1 Å². The number of unbranched alkanes of at least 4 members (excludes halogenated alkanes) is 4. The number of rotatable bonds is 10. The van der Waals surface area contributed by atoms with E-state index in [2.05, 4.69) is 41.5 Å². The summed E-state index contributed by atoms with van der Waals surface area (Å²) in [6.07, 6.45) is 13.9. The summed E-state index contributed by atoms with van der Waals surface area (Å²) in [6.45, 7) is 13.3. The Kier molecular flexibility index (Phi) is 23.5. The summed E-state index contributed by atoms with van der Waals surface area (Å²) in [6, 6.07) is 0.562. The second-order valence-electron chi connectivity index (χ2n) is 11.6. The van der Waals surface area contributed by atoms with Crippen molar-refractivity contribution in [2.24, 2.45) is 22.3 Å². The smallest absolute Gasteiger partial charge is 0.303 e. The van der Waals surface area contributed by atoms with Gasteiger partial charge in [-0.2, -0.15) is 0 Å². The largest absolute Gasteiger partial charge is 0.481 e. The third kappa shape index (κ3) is 33.8. The van der Waals surface area contributed by atoms with Crippen LogP contribution in [0.2, 0.25) is 0 Å². The molecule has 1 saturated carbocycles. The van der Waals surface area contributed by atoms with Crippen LogP contribution < -0.4 is 11.5 Å². The SMILES string of the molecule is CC(C)(C)CCCCCC(=O)O.CC(C)(C)CCCCCC(=O)O.NC1CCCCC1N.[Pt]. The number of hydrogen-bond donors (Lipinski definition) is 4. The van der Waals surface area contributed by atoms with E-state index in [1.54, 1.807) is 0 Å². The minimum Gasteiger partial charge on any atom is -0.481 e. The Morgan fingerprint density at radius 3 is 1.18 bits per heavy atom. The monoisotopic (exact) mass is 653 g/mol.